The number of Topliss-reactive ketones (excluding diaryl/α,β-unsaturated/α-hetero) is 2. The Morgan fingerprint density at radius 3 is 2.44 bits per heavy atom. The van der Waals surface area contributed by atoms with Crippen molar-refractivity contribution < 1.29 is 49.4 Å². The molecule has 39 heavy (non-hydrogen) atoms. The number of nitrogens with two attached hydrogens (primary N) is 1. The Morgan fingerprint density at radius 2 is 1.87 bits per heavy atom. The van der Waals surface area contributed by atoms with Gasteiger partial charge in [-0.05, 0) is 31.6 Å². The molecule has 3 aliphatic carbocycles. The maximum absolute atomic E-state index is 13.8. The number of carbonyl (C=O) groups excluding carboxylic acids is 4. The second-order valence-corrected chi connectivity index (χ2v) is 9.99. The standard InChI is InChI=1S/C26H29N3O10/c1-5-8-39-25(37)28-11-7-6-10-9(2)12-14(19(31)13(10)18(11)30)22(34)26(38)16(20(12)32)17(29(3)4)21(33)15(23(26)35)24(27)36/h5-7,9,12,16-17,20,30,32-34,38H,1,8H2,2-4H3,(H2,27,36)(H,28,37)/t9-,12+,16+,17-,20-,26-/m0/s1. The molecular formula is C26H29N3O10. The molecule has 6 atom stereocenters. The van der Waals surface area contributed by atoms with Gasteiger partial charge in [-0.1, -0.05) is 25.6 Å². The van der Waals surface area contributed by atoms with Crippen LogP contribution < -0.4 is 11.1 Å². The lowest BCUT2D eigenvalue weighted by atomic mass is 9.55. The van der Waals surface area contributed by atoms with E-state index < -0.39 is 87.5 Å². The van der Waals surface area contributed by atoms with E-state index in [0.717, 1.165) is 0 Å². The lowest BCUT2D eigenvalue weighted by molar-refractivity contribution is -0.162. The molecule has 1 aromatic carbocycles. The zero-order chi connectivity index (χ0) is 29.1. The number of fused-ring (bicyclic) bond motifs is 3. The highest BCUT2D eigenvalue weighted by Gasteiger charge is 2.67. The average Bonchev–Trinajstić information content (AvgIpc) is 2.85. The topological polar surface area (TPSA) is 220 Å². The minimum Gasteiger partial charge on any atom is -0.510 e. The van der Waals surface area contributed by atoms with Gasteiger partial charge < -0.3 is 36.0 Å². The fourth-order valence-corrected chi connectivity index (χ4v) is 6.00. The number of aromatic hydroxyl groups is 1. The number of hydrogen-bond donors (Lipinski definition) is 7. The van der Waals surface area contributed by atoms with Gasteiger partial charge in [0.1, 0.15) is 23.7 Å². The fraction of sp³-hybridized carbons (Fsp3) is 0.385. The molecule has 13 nitrogen and oxygen atoms in total. The number of rotatable bonds is 5. The number of amides is 2. The zero-order valence-electron chi connectivity index (χ0n) is 21.3. The Labute approximate surface area is 222 Å². The summed E-state index contributed by atoms with van der Waals surface area (Å²) in [5, 5.41) is 58.7. The van der Waals surface area contributed by atoms with Gasteiger partial charge >= 0.3 is 6.09 Å². The van der Waals surface area contributed by atoms with Crippen molar-refractivity contribution >= 4 is 29.3 Å². The van der Waals surface area contributed by atoms with Crippen LogP contribution >= 0.6 is 0 Å². The number of anilines is 1. The van der Waals surface area contributed by atoms with Crippen LogP contribution in [0.25, 0.3) is 0 Å². The number of aliphatic hydroxyl groups is 4. The van der Waals surface area contributed by atoms with E-state index >= 15 is 0 Å². The van der Waals surface area contributed by atoms with Crippen LogP contribution in [0, 0.1) is 11.8 Å². The van der Waals surface area contributed by atoms with Crippen molar-refractivity contribution in [1.29, 1.82) is 0 Å². The molecule has 0 aliphatic heterocycles. The summed E-state index contributed by atoms with van der Waals surface area (Å²) in [6, 6.07) is 1.42. The number of likely N-dealkylation sites (N-methyl/N-ethyl adjacent to an activating group) is 1. The van der Waals surface area contributed by atoms with Crippen LogP contribution in [-0.2, 0) is 14.3 Å². The van der Waals surface area contributed by atoms with E-state index in [1.54, 1.807) is 6.92 Å². The number of ketones is 2. The molecule has 0 unspecified atom stereocenters. The molecule has 4 rings (SSSR count). The monoisotopic (exact) mass is 543 g/mol. The molecule has 0 radical (unpaired) electrons. The fourth-order valence-electron chi connectivity index (χ4n) is 6.00. The van der Waals surface area contributed by atoms with Crippen LogP contribution in [0.4, 0.5) is 10.5 Å². The first-order valence-corrected chi connectivity index (χ1v) is 11.9. The Morgan fingerprint density at radius 1 is 1.23 bits per heavy atom. The highest BCUT2D eigenvalue weighted by molar-refractivity contribution is 6.25. The lowest BCUT2D eigenvalue weighted by Crippen LogP contribution is -2.68. The maximum Gasteiger partial charge on any atom is 0.412 e. The quantitative estimate of drug-likeness (QED) is 0.153. The highest BCUT2D eigenvalue weighted by atomic mass is 16.5. The molecule has 13 heteroatoms. The summed E-state index contributed by atoms with van der Waals surface area (Å²) < 4.78 is 4.83. The van der Waals surface area contributed by atoms with Crippen molar-refractivity contribution in [1.82, 2.24) is 4.90 Å². The summed E-state index contributed by atoms with van der Waals surface area (Å²) in [5.41, 5.74) is 0.489. The molecule has 0 saturated heterocycles. The number of aliphatic hydroxyl groups excluding tert-OH is 3. The number of primary amides is 1. The van der Waals surface area contributed by atoms with Gasteiger partial charge in [0, 0.05) is 11.5 Å². The van der Waals surface area contributed by atoms with Gasteiger partial charge in [-0.3, -0.25) is 24.6 Å². The summed E-state index contributed by atoms with van der Waals surface area (Å²) in [7, 11) is 2.91. The molecule has 0 saturated carbocycles. The molecule has 208 valence electrons. The Kier molecular flexibility index (Phi) is 6.79. The zero-order valence-corrected chi connectivity index (χ0v) is 21.3. The maximum atomic E-state index is 13.8. The summed E-state index contributed by atoms with van der Waals surface area (Å²) in [4.78, 5) is 52.6. The Bertz CT molecular complexity index is 1380. The van der Waals surface area contributed by atoms with E-state index in [9.17, 15) is 44.7 Å². The van der Waals surface area contributed by atoms with Crippen LogP contribution in [0.5, 0.6) is 5.75 Å². The number of carbonyl (C=O) groups is 4. The van der Waals surface area contributed by atoms with Gasteiger partial charge in [0.15, 0.2) is 17.1 Å². The summed E-state index contributed by atoms with van der Waals surface area (Å²) >= 11 is 0. The van der Waals surface area contributed by atoms with E-state index in [2.05, 4.69) is 11.9 Å². The van der Waals surface area contributed by atoms with Crippen molar-refractivity contribution in [2.24, 2.45) is 17.6 Å². The van der Waals surface area contributed by atoms with Crippen molar-refractivity contribution in [3.05, 3.63) is 58.6 Å². The molecule has 0 bridgehead atoms. The van der Waals surface area contributed by atoms with E-state index in [1.807, 2.05) is 0 Å². The van der Waals surface area contributed by atoms with Crippen molar-refractivity contribution in [3.8, 4) is 5.75 Å². The van der Waals surface area contributed by atoms with Crippen LogP contribution in [0.2, 0.25) is 0 Å². The van der Waals surface area contributed by atoms with Gasteiger partial charge in [-0.25, -0.2) is 4.79 Å². The van der Waals surface area contributed by atoms with Gasteiger partial charge in [0.05, 0.1) is 29.3 Å². The van der Waals surface area contributed by atoms with Gasteiger partial charge in [-0.15, -0.1) is 0 Å². The number of nitrogens with one attached hydrogen (secondary N) is 1. The molecule has 2 amide bonds. The minimum absolute atomic E-state index is 0.118. The number of benzene rings is 1. The molecule has 0 aromatic heterocycles. The van der Waals surface area contributed by atoms with Crippen molar-refractivity contribution in [3.63, 3.8) is 0 Å². The largest absolute Gasteiger partial charge is 0.510 e. The summed E-state index contributed by atoms with van der Waals surface area (Å²) in [6.07, 6.45) is -1.32. The first-order chi connectivity index (χ1) is 18.2. The molecule has 8 N–H and O–H groups in total. The predicted molar refractivity (Wildman–Crippen MR) is 135 cm³/mol. The normalized spacial score (nSPS) is 29.9. The van der Waals surface area contributed by atoms with E-state index in [0.29, 0.717) is 0 Å². The Hall–Kier alpha value is -4.20. The molecule has 0 spiro atoms. The summed E-state index contributed by atoms with van der Waals surface area (Å²) in [5.74, 6) is -10.0. The van der Waals surface area contributed by atoms with Crippen LogP contribution in [0.1, 0.15) is 28.8 Å². The van der Waals surface area contributed by atoms with E-state index in [-0.39, 0.29) is 23.4 Å². The molecular weight excluding hydrogens is 514 g/mol. The molecule has 3 aliphatic rings. The lowest BCUT2D eigenvalue weighted by Gasteiger charge is -2.53. The number of phenolic OH excluding ortho intramolecular Hbond substituents is 1. The van der Waals surface area contributed by atoms with E-state index in [1.165, 1.54) is 37.2 Å². The summed E-state index contributed by atoms with van der Waals surface area (Å²) in [6.45, 7) is 4.90. The average molecular weight is 544 g/mol. The number of phenols is 1. The highest BCUT2D eigenvalue weighted by Crippen LogP contribution is 2.56. The van der Waals surface area contributed by atoms with Gasteiger partial charge in [0.2, 0.25) is 5.78 Å². The SMILES string of the molecule is C=CCOC(=O)Nc1ccc2c(c1O)C(=O)C1=C(O)[C@]3(O)C(=O)C(C(N)=O)=C(O)[C@@H](N(C)C)[C@@H]3[C@@H](O)[C@@H]1[C@H]2C. The molecule has 0 fully saturated rings. The third kappa shape index (κ3) is 3.80. The number of ether oxygens (including phenoxy) is 1. The van der Waals surface area contributed by atoms with Crippen molar-refractivity contribution in [2.75, 3.05) is 26.0 Å². The third-order valence-corrected chi connectivity index (χ3v) is 7.70. The van der Waals surface area contributed by atoms with Gasteiger partial charge in [-0.2, -0.15) is 0 Å². The number of hydrogen-bond acceptors (Lipinski definition) is 11. The van der Waals surface area contributed by atoms with Crippen LogP contribution in [-0.4, -0.2) is 92.4 Å². The first-order valence-electron chi connectivity index (χ1n) is 11.9. The van der Waals surface area contributed by atoms with Crippen LogP contribution in [0.15, 0.2) is 47.5 Å². The Balaban J connectivity index is 1.93. The smallest absolute Gasteiger partial charge is 0.412 e. The predicted octanol–water partition coefficient (Wildman–Crippen LogP) is 0.387. The minimum atomic E-state index is -3.01. The molecule has 0 heterocycles. The third-order valence-electron chi connectivity index (χ3n) is 7.70. The second-order valence-electron chi connectivity index (χ2n) is 9.99. The second kappa shape index (κ2) is 9.52. The number of nitrogens with zero attached hydrogens (tertiary/aromatic N) is 1. The van der Waals surface area contributed by atoms with Gasteiger partial charge in [0.25, 0.3) is 5.91 Å². The first kappa shape index (κ1) is 27.8. The van der Waals surface area contributed by atoms with Crippen LogP contribution in [0.3, 0.4) is 0 Å². The van der Waals surface area contributed by atoms with E-state index in [4.69, 9.17) is 10.5 Å². The van der Waals surface area contributed by atoms with Crippen molar-refractivity contribution in [2.45, 2.75) is 30.6 Å². The molecule has 1 aromatic rings.